The fourth-order valence-electron chi connectivity index (χ4n) is 2.99. The molecule has 2 atom stereocenters. The third-order valence-electron chi connectivity index (χ3n) is 3.84. The van der Waals surface area contributed by atoms with Crippen molar-refractivity contribution in [2.75, 3.05) is 6.61 Å². The molecule has 2 aliphatic heterocycles. The van der Waals surface area contributed by atoms with Crippen LogP contribution < -0.4 is 0 Å². The third kappa shape index (κ3) is 1.50. The molecule has 0 aliphatic carbocycles. The highest BCUT2D eigenvalue weighted by Crippen LogP contribution is 2.41. The van der Waals surface area contributed by atoms with Crippen molar-refractivity contribution in [1.29, 1.82) is 0 Å². The van der Waals surface area contributed by atoms with Crippen molar-refractivity contribution in [3.05, 3.63) is 54.1 Å². The van der Waals surface area contributed by atoms with E-state index in [-0.39, 0.29) is 0 Å². The second-order valence-corrected chi connectivity index (χ2v) is 5.00. The predicted octanol–water partition coefficient (Wildman–Crippen LogP) is 2.00. The van der Waals surface area contributed by atoms with E-state index >= 15 is 0 Å². The topological polar surface area (TPSA) is 30.3 Å². The highest BCUT2D eigenvalue weighted by molar-refractivity contribution is 5.16. The van der Waals surface area contributed by atoms with E-state index in [0.717, 1.165) is 25.5 Å². The van der Waals surface area contributed by atoms with Crippen LogP contribution in [0.15, 0.2) is 42.7 Å². The molecule has 0 radical (unpaired) electrons. The molecule has 0 amide bonds. The molecular formula is C14H15N3O. The Bertz CT molecular complexity index is 551. The smallest absolute Gasteiger partial charge is 0.128 e. The first-order valence-electron chi connectivity index (χ1n) is 6.36. The average Bonchev–Trinajstić information content (AvgIpc) is 3.03. The zero-order chi connectivity index (χ0) is 11.9. The fourth-order valence-corrected chi connectivity index (χ4v) is 2.99. The number of hydroxylamine groups is 2. The summed E-state index contributed by atoms with van der Waals surface area (Å²) in [4.78, 5) is 10.3. The van der Waals surface area contributed by atoms with Gasteiger partial charge in [-0.2, -0.15) is 5.06 Å². The molecule has 4 heteroatoms. The van der Waals surface area contributed by atoms with Crippen LogP contribution in [0.2, 0.25) is 0 Å². The van der Waals surface area contributed by atoms with Crippen LogP contribution in [-0.4, -0.2) is 21.2 Å². The van der Waals surface area contributed by atoms with Gasteiger partial charge < -0.3 is 4.57 Å². The van der Waals surface area contributed by atoms with Crippen LogP contribution in [0, 0.1) is 5.92 Å². The largest absolute Gasteiger partial charge is 0.333 e. The number of aromatic nitrogens is 2. The maximum Gasteiger partial charge on any atom is 0.128 e. The Labute approximate surface area is 106 Å². The van der Waals surface area contributed by atoms with E-state index in [0.29, 0.717) is 12.0 Å². The first-order chi connectivity index (χ1) is 8.92. The van der Waals surface area contributed by atoms with Crippen LogP contribution in [0.4, 0.5) is 0 Å². The normalized spacial score (nSPS) is 26.2. The minimum atomic E-state index is 0.320. The van der Waals surface area contributed by atoms with E-state index in [1.54, 1.807) is 0 Å². The number of benzene rings is 1. The highest BCUT2D eigenvalue weighted by Gasteiger charge is 2.43. The van der Waals surface area contributed by atoms with Gasteiger partial charge in [0.2, 0.25) is 0 Å². The van der Waals surface area contributed by atoms with Gasteiger partial charge in [-0.3, -0.25) is 4.84 Å². The zero-order valence-electron chi connectivity index (χ0n) is 10.1. The van der Waals surface area contributed by atoms with Gasteiger partial charge in [-0.25, -0.2) is 4.98 Å². The maximum absolute atomic E-state index is 5.83. The molecule has 3 heterocycles. The van der Waals surface area contributed by atoms with E-state index in [9.17, 15) is 0 Å². The van der Waals surface area contributed by atoms with E-state index < -0.39 is 0 Å². The monoisotopic (exact) mass is 241 g/mol. The minimum absolute atomic E-state index is 0.320. The molecular weight excluding hydrogens is 226 g/mol. The Hall–Kier alpha value is -1.65. The first-order valence-corrected chi connectivity index (χ1v) is 6.36. The number of fused-ring (bicyclic) bond motifs is 3. The van der Waals surface area contributed by atoms with Crippen molar-refractivity contribution in [2.45, 2.75) is 19.1 Å². The van der Waals surface area contributed by atoms with Gasteiger partial charge in [-0.1, -0.05) is 30.3 Å². The molecule has 0 saturated carbocycles. The van der Waals surface area contributed by atoms with Crippen LogP contribution in [0.1, 0.15) is 17.4 Å². The summed E-state index contributed by atoms with van der Waals surface area (Å²) in [6.07, 6.45) is 3.94. The van der Waals surface area contributed by atoms with Gasteiger partial charge in [-0.15, -0.1) is 0 Å². The molecule has 18 heavy (non-hydrogen) atoms. The summed E-state index contributed by atoms with van der Waals surface area (Å²) in [6, 6.07) is 10.8. The Kier molecular flexibility index (Phi) is 2.25. The molecule has 0 N–H and O–H groups in total. The number of hydrogen-bond donors (Lipinski definition) is 0. The van der Waals surface area contributed by atoms with Crippen molar-refractivity contribution < 1.29 is 4.84 Å². The van der Waals surface area contributed by atoms with Gasteiger partial charge >= 0.3 is 0 Å². The van der Waals surface area contributed by atoms with Crippen molar-refractivity contribution >= 4 is 0 Å². The summed E-state index contributed by atoms with van der Waals surface area (Å²) in [5, 5.41) is 2.09. The molecule has 0 bridgehead atoms. The van der Waals surface area contributed by atoms with Gasteiger partial charge in [0.25, 0.3) is 0 Å². The molecule has 2 aromatic rings. The van der Waals surface area contributed by atoms with E-state index in [1.807, 2.05) is 12.3 Å². The molecule has 4 rings (SSSR count). The molecule has 92 valence electrons. The molecule has 2 aliphatic rings. The quantitative estimate of drug-likeness (QED) is 0.805. The lowest BCUT2D eigenvalue weighted by atomic mass is 10.0. The number of imidazole rings is 1. The number of nitrogens with zero attached hydrogens (tertiary/aromatic N) is 3. The highest BCUT2D eigenvalue weighted by atomic mass is 16.7. The van der Waals surface area contributed by atoms with E-state index in [2.05, 4.69) is 45.1 Å². The fraction of sp³-hybridized carbons (Fsp3) is 0.357. The Morgan fingerprint density at radius 2 is 2.17 bits per heavy atom. The SMILES string of the molecule is c1ccc(CN2OC[C@H]3Cn4ccnc4[C@H]32)cc1. The van der Waals surface area contributed by atoms with Gasteiger partial charge in [-0.05, 0) is 5.56 Å². The zero-order valence-corrected chi connectivity index (χ0v) is 10.1. The molecule has 0 unspecified atom stereocenters. The molecule has 1 saturated heterocycles. The molecule has 1 aromatic heterocycles. The van der Waals surface area contributed by atoms with E-state index in [1.165, 1.54) is 5.56 Å². The summed E-state index contributed by atoms with van der Waals surface area (Å²) in [5.41, 5.74) is 1.28. The molecule has 1 aromatic carbocycles. The average molecular weight is 241 g/mol. The van der Waals surface area contributed by atoms with Crippen LogP contribution in [0.5, 0.6) is 0 Å². The second-order valence-electron chi connectivity index (χ2n) is 5.00. The van der Waals surface area contributed by atoms with Crippen LogP contribution in [0.25, 0.3) is 0 Å². The Morgan fingerprint density at radius 3 is 3.06 bits per heavy atom. The van der Waals surface area contributed by atoms with Gasteiger partial charge in [0.15, 0.2) is 0 Å². The molecule has 1 fully saturated rings. The van der Waals surface area contributed by atoms with Crippen LogP contribution in [-0.2, 0) is 17.9 Å². The maximum atomic E-state index is 5.83. The lowest BCUT2D eigenvalue weighted by Crippen LogP contribution is -2.22. The summed E-state index contributed by atoms with van der Waals surface area (Å²) in [5.74, 6) is 1.70. The first kappa shape index (κ1) is 10.3. The van der Waals surface area contributed by atoms with Crippen molar-refractivity contribution in [3.63, 3.8) is 0 Å². The molecule has 4 nitrogen and oxygen atoms in total. The van der Waals surface area contributed by atoms with Crippen LogP contribution in [0.3, 0.4) is 0 Å². The summed E-state index contributed by atoms with van der Waals surface area (Å²) in [7, 11) is 0. The van der Waals surface area contributed by atoms with E-state index in [4.69, 9.17) is 4.84 Å². The third-order valence-corrected chi connectivity index (χ3v) is 3.84. The Balaban J connectivity index is 1.60. The van der Waals surface area contributed by atoms with Crippen molar-refractivity contribution in [2.24, 2.45) is 5.92 Å². The summed E-state index contributed by atoms with van der Waals surface area (Å²) < 4.78 is 2.25. The van der Waals surface area contributed by atoms with Gasteiger partial charge in [0, 0.05) is 31.4 Å². The van der Waals surface area contributed by atoms with Gasteiger partial charge in [0.05, 0.1) is 6.61 Å². The van der Waals surface area contributed by atoms with Crippen molar-refractivity contribution in [3.8, 4) is 0 Å². The Morgan fingerprint density at radius 1 is 1.28 bits per heavy atom. The predicted molar refractivity (Wildman–Crippen MR) is 66.4 cm³/mol. The van der Waals surface area contributed by atoms with Gasteiger partial charge in [0.1, 0.15) is 11.9 Å². The lowest BCUT2D eigenvalue weighted by Gasteiger charge is -2.20. The second kappa shape index (κ2) is 3.93. The lowest BCUT2D eigenvalue weighted by molar-refractivity contribution is -0.142. The molecule has 0 spiro atoms. The minimum Gasteiger partial charge on any atom is -0.333 e. The summed E-state index contributed by atoms with van der Waals surface area (Å²) >= 11 is 0. The van der Waals surface area contributed by atoms with Crippen molar-refractivity contribution in [1.82, 2.24) is 14.6 Å². The van der Waals surface area contributed by atoms with Crippen LogP contribution >= 0.6 is 0 Å². The number of rotatable bonds is 2. The standard InChI is InChI=1S/C14H15N3O/c1-2-4-11(5-3-1)8-17-13-12(10-18-17)9-16-7-6-15-14(13)16/h1-7,12-13H,8-10H2/t12-,13+/m1/s1. The number of hydrogen-bond acceptors (Lipinski definition) is 3. The summed E-state index contributed by atoms with van der Waals surface area (Å²) in [6.45, 7) is 2.67.